The molecular formula is C4H7CaO11PS. The van der Waals surface area contributed by atoms with Crippen LogP contribution in [0.25, 0.3) is 0 Å². The van der Waals surface area contributed by atoms with Crippen LogP contribution in [0, 0.1) is 0 Å². The Hall–Kier alpha value is 0.220. The van der Waals surface area contributed by atoms with E-state index in [-0.39, 0.29) is 37.7 Å². The largest absolute Gasteiger partial charge is 2.00 e. The van der Waals surface area contributed by atoms with Gasteiger partial charge < -0.3 is 34.5 Å². The predicted molar refractivity (Wildman–Crippen MR) is 50.0 cm³/mol. The molecule has 0 aromatic carbocycles. The van der Waals surface area contributed by atoms with Crippen LogP contribution < -0.4 is 10.2 Å². The maximum atomic E-state index is 10.2. The zero-order chi connectivity index (χ0) is 14.4. The van der Waals surface area contributed by atoms with E-state index < -0.39 is 41.6 Å². The number of hydrogen-bond donors (Lipinski definition) is 4. The zero-order valence-electron chi connectivity index (χ0n) is 8.49. The van der Waals surface area contributed by atoms with E-state index in [0.29, 0.717) is 0 Å². The van der Waals surface area contributed by atoms with Crippen LogP contribution in [0.3, 0.4) is 0 Å². The molecule has 14 heteroatoms. The fraction of sp³-hybridized carbons (Fsp3) is 0.500. The molecule has 18 heavy (non-hydrogen) atoms. The molecule has 0 heterocycles. The van der Waals surface area contributed by atoms with Gasteiger partial charge in [0.15, 0.2) is 0 Å². The predicted octanol–water partition coefficient (Wildman–Crippen LogP) is -5.18. The van der Waals surface area contributed by atoms with E-state index in [1.165, 1.54) is 0 Å². The minimum Gasteiger partial charge on any atom is -0.550 e. The normalized spacial score (nSPS) is 12.4. The van der Waals surface area contributed by atoms with Crippen molar-refractivity contribution >= 4 is 67.6 Å². The first-order valence-electron chi connectivity index (χ1n) is 3.40. The summed E-state index contributed by atoms with van der Waals surface area (Å²) in [7, 11) is -9.58. The Labute approximate surface area is 130 Å². The van der Waals surface area contributed by atoms with Gasteiger partial charge in [-0.05, 0) is 0 Å². The Morgan fingerprint density at radius 2 is 1.44 bits per heavy atom. The molecule has 0 radical (unpaired) electrons. The number of aliphatic carboxylic acids is 2. The van der Waals surface area contributed by atoms with Crippen molar-refractivity contribution in [2.24, 2.45) is 0 Å². The van der Waals surface area contributed by atoms with Crippen molar-refractivity contribution in [2.45, 2.75) is 11.7 Å². The van der Waals surface area contributed by atoms with Crippen LogP contribution in [0.1, 0.15) is 6.42 Å². The smallest absolute Gasteiger partial charge is 0.550 e. The molecule has 4 N–H and O–H groups in total. The van der Waals surface area contributed by atoms with Gasteiger partial charge in [-0.1, -0.05) is 0 Å². The van der Waals surface area contributed by atoms with E-state index in [1.807, 2.05) is 0 Å². The molecule has 102 valence electrons. The number of phosphoric acid groups is 1. The molecule has 0 amide bonds. The van der Waals surface area contributed by atoms with Gasteiger partial charge >= 0.3 is 45.6 Å². The van der Waals surface area contributed by atoms with E-state index >= 15 is 0 Å². The number of carboxylic acid groups (broad SMARTS) is 2. The molecule has 0 spiro atoms. The van der Waals surface area contributed by atoms with Crippen LogP contribution >= 0.6 is 7.82 Å². The zero-order valence-corrected chi connectivity index (χ0v) is 12.4. The summed E-state index contributed by atoms with van der Waals surface area (Å²) < 4.78 is 37.3. The molecule has 0 saturated carbocycles. The first-order valence-corrected chi connectivity index (χ1v) is 6.47. The van der Waals surface area contributed by atoms with Crippen molar-refractivity contribution in [3.05, 3.63) is 0 Å². The van der Waals surface area contributed by atoms with Crippen molar-refractivity contribution in [1.29, 1.82) is 0 Å². The van der Waals surface area contributed by atoms with Gasteiger partial charge in [-0.2, -0.15) is 8.42 Å². The number of rotatable bonds is 4. The first-order chi connectivity index (χ1) is 7.25. The molecule has 0 bridgehead atoms. The van der Waals surface area contributed by atoms with E-state index in [0.717, 1.165) is 0 Å². The summed E-state index contributed by atoms with van der Waals surface area (Å²) >= 11 is 0. The molecule has 0 fully saturated rings. The average Bonchev–Trinajstić information content (AvgIpc) is 1.93. The maximum absolute atomic E-state index is 10.2. The van der Waals surface area contributed by atoms with Gasteiger partial charge in [0.25, 0.3) is 10.1 Å². The number of hydrogen-bond acceptors (Lipinski definition) is 7. The van der Waals surface area contributed by atoms with Gasteiger partial charge in [0, 0.05) is 12.4 Å². The Morgan fingerprint density at radius 3 is 1.50 bits per heavy atom. The van der Waals surface area contributed by atoms with E-state index in [2.05, 4.69) is 0 Å². The van der Waals surface area contributed by atoms with Crippen LogP contribution in [0.4, 0.5) is 0 Å². The molecule has 0 aliphatic rings. The van der Waals surface area contributed by atoms with Gasteiger partial charge in [-0.25, -0.2) is 4.57 Å². The van der Waals surface area contributed by atoms with Gasteiger partial charge in [0.2, 0.25) is 0 Å². The third kappa shape index (κ3) is 18.6. The van der Waals surface area contributed by atoms with Crippen LogP contribution in [0.5, 0.6) is 0 Å². The molecule has 0 rings (SSSR count). The van der Waals surface area contributed by atoms with Crippen LogP contribution in [-0.4, -0.2) is 82.6 Å². The first kappa shape index (κ1) is 23.3. The summed E-state index contributed by atoms with van der Waals surface area (Å²) in [5.74, 6) is -4.08. The quantitative estimate of drug-likeness (QED) is 0.216. The molecular weight excluding hydrogens is 327 g/mol. The van der Waals surface area contributed by atoms with Crippen LogP contribution in [0.15, 0.2) is 0 Å². The van der Waals surface area contributed by atoms with Crippen LogP contribution in [-0.2, 0) is 24.3 Å². The van der Waals surface area contributed by atoms with Crippen molar-refractivity contribution in [2.75, 3.05) is 0 Å². The van der Waals surface area contributed by atoms with E-state index in [4.69, 9.17) is 23.8 Å². The molecule has 1 unspecified atom stereocenters. The standard InChI is InChI=1S/C4H6O7S.Ca.H3O4P/c5-3(6)1-2(4(7)8)12(9,10)11;;1-5(2,3)4/h2H,1H2,(H,5,6)(H,7,8)(H,9,10,11);;(H3,1,2,3,4)/q;+2;/p-2. The molecule has 11 nitrogen and oxygen atoms in total. The molecule has 1 atom stereocenters. The van der Waals surface area contributed by atoms with E-state index in [1.54, 1.807) is 0 Å². The van der Waals surface area contributed by atoms with Crippen molar-refractivity contribution < 1.29 is 52.0 Å². The second-order valence-corrected chi connectivity index (χ2v) is 5.04. The fourth-order valence-corrected chi connectivity index (χ4v) is 1.05. The summed E-state index contributed by atoms with van der Waals surface area (Å²) in [5, 5.41) is 17.3. The van der Waals surface area contributed by atoms with Gasteiger partial charge in [0.05, 0.1) is 5.97 Å². The Kier molecular flexibility index (Phi) is 11.9. The van der Waals surface area contributed by atoms with Crippen LogP contribution in [0.2, 0.25) is 0 Å². The monoisotopic (exact) mass is 334 g/mol. The fourth-order valence-electron chi connectivity index (χ4n) is 0.462. The van der Waals surface area contributed by atoms with Crippen molar-refractivity contribution in [3.63, 3.8) is 0 Å². The van der Waals surface area contributed by atoms with Crippen molar-refractivity contribution in [3.8, 4) is 0 Å². The summed E-state index contributed by atoms with van der Waals surface area (Å²) in [6, 6.07) is 0. The van der Waals surface area contributed by atoms with Gasteiger partial charge in [-0.15, -0.1) is 0 Å². The number of carbonyl (C=O) groups is 2. The average molecular weight is 334 g/mol. The second-order valence-electron chi connectivity index (χ2n) is 2.41. The molecule has 0 aliphatic heterocycles. The van der Waals surface area contributed by atoms with E-state index in [9.17, 15) is 28.2 Å². The molecule has 0 aliphatic carbocycles. The Bertz CT molecular complexity index is 414. The minimum atomic E-state index is -4.94. The maximum Gasteiger partial charge on any atom is 2.00 e. The molecule has 0 saturated heterocycles. The van der Waals surface area contributed by atoms with Gasteiger partial charge in [0.1, 0.15) is 5.25 Å². The number of carboxylic acids is 2. The van der Waals surface area contributed by atoms with Gasteiger partial charge in [-0.3, -0.25) is 4.55 Å². The Morgan fingerprint density at radius 1 is 1.17 bits per heavy atom. The summed E-state index contributed by atoms with van der Waals surface area (Å²) in [6.45, 7) is 0. The summed E-state index contributed by atoms with van der Waals surface area (Å²) in [6.07, 6.45) is -1.33. The third-order valence-corrected chi connectivity index (χ3v) is 2.05. The molecule has 0 aromatic heterocycles. The molecule has 0 aromatic rings. The number of carbonyl (C=O) groups excluding carboxylic acids is 2. The topological polar surface area (TPSA) is 212 Å². The SMILES string of the molecule is O=C([O-])CC(C(=O)[O-])S(=O)(=O)O.O=P(O)(O)O.[Ca+2]. The second kappa shape index (κ2) is 9.18. The summed E-state index contributed by atoms with van der Waals surface area (Å²) in [4.78, 5) is 41.3. The third-order valence-electron chi connectivity index (χ3n) is 0.975. The summed E-state index contributed by atoms with van der Waals surface area (Å²) in [5.41, 5.74) is 0. The van der Waals surface area contributed by atoms with Crippen molar-refractivity contribution in [1.82, 2.24) is 0 Å². The minimum absolute atomic E-state index is 0. The Balaban J connectivity index is -0.000000321.